The largest absolute Gasteiger partial charge is 0.468 e. The van der Waals surface area contributed by atoms with E-state index in [1.807, 2.05) is 18.7 Å². The molecule has 1 fully saturated rings. The highest BCUT2D eigenvalue weighted by Crippen LogP contribution is 2.36. The summed E-state index contributed by atoms with van der Waals surface area (Å²) in [7, 11) is 0. The van der Waals surface area contributed by atoms with Crippen molar-refractivity contribution in [3.05, 3.63) is 23.9 Å². The van der Waals surface area contributed by atoms with Gasteiger partial charge in [-0.3, -0.25) is 0 Å². The van der Waals surface area contributed by atoms with Gasteiger partial charge in [-0.1, -0.05) is 6.07 Å². The molecule has 2 heterocycles. The Morgan fingerprint density at radius 3 is 2.81 bits per heavy atom. The van der Waals surface area contributed by atoms with Crippen LogP contribution < -0.4 is 15.4 Å². The number of pyridine rings is 1. The Hall–Kier alpha value is -0.910. The van der Waals surface area contributed by atoms with Gasteiger partial charge in [0.15, 0.2) is 12.6 Å². The van der Waals surface area contributed by atoms with E-state index in [2.05, 4.69) is 27.5 Å². The maximum Gasteiger partial charge on any atom is 0.422 e. The van der Waals surface area contributed by atoms with Gasteiger partial charge in [0.05, 0.1) is 6.54 Å². The molecule has 0 bridgehead atoms. The number of aromatic nitrogens is 1. The predicted octanol–water partition coefficient (Wildman–Crippen LogP) is 3.98. The number of hydrogen-bond acceptors (Lipinski definition) is 4. The molecule has 154 valence electrons. The Balaban J connectivity index is 0.00000364. The van der Waals surface area contributed by atoms with Crippen LogP contribution in [0.2, 0.25) is 0 Å². The molecule has 1 aliphatic rings. The van der Waals surface area contributed by atoms with Crippen molar-refractivity contribution in [3.8, 4) is 5.88 Å². The van der Waals surface area contributed by atoms with Gasteiger partial charge in [0, 0.05) is 29.6 Å². The SMILES string of the molecule is CCNC(=NCc1cccnc1OCC(F)(F)F)NCC1(C)CCCS1.I. The molecule has 0 saturated carbocycles. The zero-order valence-corrected chi connectivity index (χ0v) is 18.6. The minimum atomic E-state index is -4.40. The van der Waals surface area contributed by atoms with Crippen molar-refractivity contribution in [1.82, 2.24) is 15.6 Å². The Morgan fingerprint density at radius 2 is 2.19 bits per heavy atom. The third-order valence-electron chi connectivity index (χ3n) is 3.90. The molecule has 0 radical (unpaired) electrons. The number of hydrogen-bond donors (Lipinski definition) is 2. The minimum Gasteiger partial charge on any atom is -0.468 e. The predicted molar refractivity (Wildman–Crippen MR) is 114 cm³/mol. The number of ether oxygens (including phenoxy) is 1. The van der Waals surface area contributed by atoms with Crippen molar-refractivity contribution in [2.24, 2.45) is 4.99 Å². The normalized spacial score (nSPS) is 20.1. The van der Waals surface area contributed by atoms with Crippen molar-refractivity contribution in [2.75, 3.05) is 25.4 Å². The van der Waals surface area contributed by atoms with E-state index in [4.69, 9.17) is 4.74 Å². The van der Waals surface area contributed by atoms with Crippen LogP contribution in [0.25, 0.3) is 0 Å². The summed E-state index contributed by atoms with van der Waals surface area (Å²) in [5.74, 6) is 1.76. The van der Waals surface area contributed by atoms with Gasteiger partial charge in [0.25, 0.3) is 0 Å². The quantitative estimate of drug-likeness (QED) is 0.325. The zero-order valence-electron chi connectivity index (χ0n) is 15.4. The molecule has 0 amide bonds. The summed E-state index contributed by atoms with van der Waals surface area (Å²) in [6.45, 7) is 4.49. The maximum absolute atomic E-state index is 12.4. The second kappa shape index (κ2) is 11.2. The Morgan fingerprint density at radius 1 is 1.41 bits per heavy atom. The molecule has 0 aliphatic carbocycles. The van der Waals surface area contributed by atoms with E-state index < -0.39 is 12.8 Å². The third-order valence-corrected chi connectivity index (χ3v) is 5.44. The standard InChI is InChI=1S/C17H25F3N4OS.HI/c1-3-21-15(24-11-16(2)7-5-9-26-16)23-10-13-6-4-8-22-14(13)25-12-17(18,19)20;/h4,6,8H,3,5,7,9-12H2,1-2H3,(H2,21,23,24);1H. The fourth-order valence-corrected chi connectivity index (χ4v) is 3.82. The van der Waals surface area contributed by atoms with Gasteiger partial charge in [0.2, 0.25) is 5.88 Å². The summed E-state index contributed by atoms with van der Waals surface area (Å²) in [5, 5.41) is 6.48. The number of rotatable bonds is 7. The topological polar surface area (TPSA) is 58.5 Å². The van der Waals surface area contributed by atoms with Gasteiger partial charge in [-0.05, 0) is 38.5 Å². The molecular weight excluding hydrogens is 492 g/mol. The lowest BCUT2D eigenvalue weighted by molar-refractivity contribution is -0.154. The van der Waals surface area contributed by atoms with E-state index in [0.29, 0.717) is 18.1 Å². The molecular formula is C17H26F3IN4OS. The Kier molecular flexibility index (Phi) is 9.99. The van der Waals surface area contributed by atoms with Crippen LogP contribution in [0, 0.1) is 0 Å². The van der Waals surface area contributed by atoms with E-state index in [9.17, 15) is 13.2 Å². The van der Waals surface area contributed by atoms with Gasteiger partial charge >= 0.3 is 6.18 Å². The van der Waals surface area contributed by atoms with Crippen LogP contribution in [-0.2, 0) is 6.54 Å². The first-order chi connectivity index (χ1) is 12.3. The molecule has 1 unspecified atom stereocenters. The average Bonchev–Trinajstić information content (AvgIpc) is 3.02. The van der Waals surface area contributed by atoms with Gasteiger partial charge < -0.3 is 15.4 Å². The van der Waals surface area contributed by atoms with Crippen molar-refractivity contribution in [3.63, 3.8) is 0 Å². The van der Waals surface area contributed by atoms with Crippen LogP contribution in [0.1, 0.15) is 32.3 Å². The van der Waals surface area contributed by atoms with Gasteiger partial charge in [-0.2, -0.15) is 24.9 Å². The smallest absolute Gasteiger partial charge is 0.422 e. The molecule has 10 heteroatoms. The average molecular weight is 518 g/mol. The second-order valence-corrected chi connectivity index (χ2v) is 8.00. The Bertz CT molecular complexity index is 610. The number of halogens is 4. The molecule has 1 saturated heterocycles. The molecule has 1 aromatic heterocycles. The molecule has 1 aliphatic heterocycles. The number of thioether (sulfide) groups is 1. The first-order valence-corrected chi connectivity index (χ1v) is 9.59. The lowest BCUT2D eigenvalue weighted by atomic mass is 10.1. The van der Waals surface area contributed by atoms with Crippen LogP contribution in [0.4, 0.5) is 13.2 Å². The maximum atomic E-state index is 12.4. The lowest BCUT2D eigenvalue weighted by Crippen LogP contribution is -2.43. The molecule has 2 N–H and O–H groups in total. The molecule has 1 atom stereocenters. The summed E-state index contributed by atoms with van der Waals surface area (Å²) < 4.78 is 42.1. The second-order valence-electron chi connectivity index (χ2n) is 6.32. The number of aliphatic imine (C=N–C) groups is 1. The lowest BCUT2D eigenvalue weighted by Gasteiger charge is -2.24. The molecule has 0 aromatic carbocycles. The minimum absolute atomic E-state index is 0. The van der Waals surface area contributed by atoms with Crippen molar-refractivity contribution >= 4 is 41.7 Å². The fraction of sp³-hybridized carbons (Fsp3) is 0.647. The highest BCUT2D eigenvalue weighted by molar-refractivity contribution is 14.0. The summed E-state index contributed by atoms with van der Waals surface area (Å²) >= 11 is 1.95. The first-order valence-electron chi connectivity index (χ1n) is 8.61. The van der Waals surface area contributed by atoms with Crippen LogP contribution in [0.15, 0.2) is 23.3 Å². The van der Waals surface area contributed by atoms with E-state index in [1.165, 1.54) is 18.4 Å². The monoisotopic (exact) mass is 518 g/mol. The van der Waals surface area contributed by atoms with E-state index in [1.54, 1.807) is 12.1 Å². The number of nitrogens with one attached hydrogen (secondary N) is 2. The zero-order chi connectivity index (χ0) is 19.0. The highest BCUT2D eigenvalue weighted by atomic mass is 127. The van der Waals surface area contributed by atoms with Crippen molar-refractivity contribution in [2.45, 2.75) is 44.2 Å². The van der Waals surface area contributed by atoms with Crippen molar-refractivity contribution < 1.29 is 17.9 Å². The number of nitrogens with zero attached hydrogens (tertiary/aromatic N) is 2. The van der Waals surface area contributed by atoms with Crippen molar-refractivity contribution in [1.29, 1.82) is 0 Å². The van der Waals surface area contributed by atoms with Crippen LogP contribution in [-0.4, -0.2) is 47.3 Å². The van der Waals surface area contributed by atoms with E-state index in [-0.39, 0.29) is 41.1 Å². The van der Waals surface area contributed by atoms with E-state index in [0.717, 1.165) is 13.0 Å². The van der Waals surface area contributed by atoms with Gasteiger partial charge in [-0.15, -0.1) is 24.0 Å². The first kappa shape index (κ1) is 24.1. The summed E-state index contributed by atoms with van der Waals surface area (Å²) in [6.07, 6.45) is -0.627. The molecule has 27 heavy (non-hydrogen) atoms. The molecule has 1 aromatic rings. The summed E-state index contributed by atoms with van der Waals surface area (Å²) in [5.41, 5.74) is 0.510. The Labute approximate surface area is 179 Å². The number of alkyl halides is 3. The third kappa shape index (κ3) is 8.75. The van der Waals surface area contributed by atoms with Crippen LogP contribution in [0.5, 0.6) is 5.88 Å². The van der Waals surface area contributed by atoms with Crippen LogP contribution in [0.3, 0.4) is 0 Å². The van der Waals surface area contributed by atoms with Crippen LogP contribution >= 0.6 is 35.7 Å². The summed E-state index contributed by atoms with van der Waals surface area (Å²) in [4.78, 5) is 8.35. The fourth-order valence-electron chi connectivity index (χ4n) is 2.58. The van der Waals surface area contributed by atoms with E-state index >= 15 is 0 Å². The van der Waals surface area contributed by atoms with Gasteiger partial charge in [0.1, 0.15) is 0 Å². The molecule has 2 rings (SSSR count). The summed E-state index contributed by atoms with van der Waals surface area (Å²) in [6, 6.07) is 3.32. The highest BCUT2D eigenvalue weighted by Gasteiger charge is 2.30. The van der Waals surface area contributed by atoms with Gasteiger partial charge in [-0.25, -0.2) is 9.98 Å². The molecule has 0 spiro atoms. The number of guanidine groups is 1. The molecule has 5 nitrogen and oxygen atoms in total.